The van der Waals surface area contributed by atoms with Crippen molar-refractivity contribution in [3.8, 4) is 16.9 Å². The van der Waals surface area contributed by atoms with Crippen LogP contribution in [0, 0.1) is 12.8 Å². The predicted molar refractivity (Wildman–Crippen MR) is 114 cm³/mol. The summed E-state index contributed by atoms with van der Waals surface area (Å²) in [6, 6.07) is 17.9. The Labute approximate surface area is 171 Å². The minimum atomic E-state index is 0. The second kappa shape index (κ2) is 8.59. The molecule has 28 heavy (non-hydrogen) atoms. The average molecular weight is 397 g/mol. The molecular formula is C22H25ClN4O. The smallest absolute Gasteiger partial charge is 0.257 e. The van der Waals surface area contributed by atoms with Gasteiger partial charge in [0.05, 0.1) is 11.3 Å². The Bertz CT molecular complexity index is 954. The van der Waals surface area contributed by atoms with E-state index in [4.69, 9.17) is 10.8 Å². The van der Waals surface area contributed by atoms with E-state index in [-0.39, 0.29) is 18.3 Å². The molecule has 1 fully saturated rings. The molecule has 3 aromatic rings. The van der Waals surface area contributed by atoms with Gasteiger partial charge >= 0.3 is 0 Å². The van der Waals surface area contributed by atoms with Gasteiger partial charge in [0.2, 0.25) is 0 Å². The van der Waals surface area contributed by atoms with Gasteiger partial charge in [0.25, 0.3) is 5.91 Å². The van der Waals surface area contributed by atoms with Gasteiger partial charge in [-0.3, -0.25) is 4.79 Å². The number of nitrogens with two attached hydrogens (primary N) is 1. The van der Waals surface area contributed by atoms with Gasteiger partial charge < -0.3 is 10.6 Å². The Kier molecular flexibility index (Phi) is 6.17. The average Bonchev–Trinajstić information content (AvgIpc) is 3.36. The first-order valence-corrected chi connectivity index (χ1v) is 9.38. The van der Waals surface area contributed by atoms with Crippen LogP contribution in [0.2, 0.25) is 0 Å². The summed E-state index contributed by atoms with van der Waals surface area (Å²) in [5, 5.41) is 4.79. The lowest BCUT2D eigenvalue weighted by Crippen LogP contribution is -2.30. The first-order valence-electron chi connectivity index (χ1n) is 9.38. The predicted octanol–water partition coefficient (Wildman–Crippen LogP) is 3.69. The summed E-state index contributed by atoms with van der Waals surface area (Å²) in [5.41, 5.74) is 10.2. The van der Waals surface area contributed by atoms with Crippen LogP contribution < -0.4 is 5.73 Å². The monoisotopic (exact) mass is 396 g/mol. The van der Waals surface area contributed by atoms with Crippen molar-refractivity contribution < 1.29 is 4.79 Å². The lowest BCUT2D eigenvalue weighted by atomic mass is 10.0. The zero-order valence-electron chi connectivity index (χ0n) is 15.9. The zero-order valence-corrected chi connectivity index (χ0v) is 16.7. The highest BCUT2D eigenvalue weighted by molar-refractivity contribution is 6.00. The van der Waals surface area contributed by atoms with E-state index in [1.54, 1.807) is 4.68 Å². The molecular weight excluding hydrogens is 372 g/mol. The third kappa shape index (κ3) is 3.81. The number of amides is 1. The summed E-state index contributed by atoms with van der Waals surface area (Å²) in [4.78, 5) is 15.2. The molecule has 2 heterocycles. The van der Waals surface area contributed by atoms with Crippen LogP contribution in [0.25, 0.3) is 16.9 Å². The molecule has 1 aliphatic heterocycles. The molecule has 1 amide bonds. The number of rotatable bonds is 4. The summed E-state index contributed by atoms with van der Waals surface area (Å²) >= 11 is 0. The van der Waals surface area contributed by atoms with Crippen molar-refractivity contribution in [3.63, 3.8) is 0 Å². The molecule has 1 atom stereocenters. The summed E-state index contributed by atoms with van der Waals surface area (Å²) < 4.78 is 1.80. The van der Waals surface area contributed by atoms with E-state index in [2.05, 4.69) is 0 Å². The van der Waals surface area contributed by atoms with Gasteiger partial charge in [0.15, 0.2) is 0 Å². The minimum Gasteiger partial charge on any atom is -0.338 e. The SMILES string of the molecule is Cc1ccccc1-c1nn(-c2ccccc2)cc1C(=O)N1CCC(CN)C1.Cl. The number of aromatic nitrogens is 2. The molecule has 0 aliphatic carbocycles. The quantitative estimate of drug-likeness (QED) is 0.731. The molecule has 4 rings (SSSR count). The number of carbonyl (C=O) groups is 1. The van der Waals surface area contributed by atoms with Crippen LogP contribution in [-0.4, -0.2) is 40.2 Å². The summed E-state index contributed by atoms with van der Waals surface area (Å²) in [7, 11) is 0. The van der Waals surface area contributed by atoms with E-state index in [1.165, 1.54) is 0 Å². The van der Waals surface area contributed by atoms with Crippen LogP contribution in [0.15, 0.2) is 60.8 Å². The Morgan fingerprint density at radius 2 is 1.86 bits per heavy atom. The van der Waals surface area contributed by atoms with Gasteiger partial charge in [-0.05, 0) is 43.5 Å². The van der Waals surface area contributed by atoms with Crippen LogP contribution in [-0.2, 0) is 0 Å². The number of hydrogen-bond acceptors (Lipinski definition) is 3. The first kappa shape index (κ1) is 20.1. The molecule has 0 spiro atoms. The number of hydrogen-bond donors (Lipinski definition) is 1. The maximum Gasteiger partial charge on any atom is 0.257 e. The van der Waals surface area contributed by atoms with Gasteiger partial charge in [-0.25, -0.2) is 4.68 Å². The number of benzene rings is 2. The van der Waals surface area contributed by atoms with Crippen LogP contribution in [0.3, 0.4) is 0 Å². The third-order valence-corrected chi connectivity index (χ3v) is 5.27. The molecule has 1 unspecified atom stereocenters. The lowest BCUT2D eigenvalue weighted by molar-refractivity contribution is 0.0788. The van der Waals surface area contributed by atoms with Crippen LogP contribution >= 0.6 is 12.4 Å². The number of aryl methyl sites for hydroxylation is 1. The molecule has 1 aliphatic rings. The van der Waals surface area contributed by atoms with Gasteiger partial charge in [-0.15, -0.1) is 12.4 Å². The third-order valence-electron chi connectivity index (χ3n) is 5.27. The summed E-state index contributed by atoms with van der Waals surface area (Å²) in [6.45, 7) is 4.15. The van der Waals surface area contributed by atoms with Crippen molar-refractivity contribution in [2.24, 2.45) is 11.7 Å². The van der Waals surface area contributed by atoms with E-state index in [0.717, 1.165) is 42.0 Å². The van der Waals surface area contributed by atoms with E-state index in [1.807, 2.05) is 72.6 Å². The van der Waals surface area contributed by atoms with Crippen molar-refractivity contribution in [2.45, 2.75) is 13.3 Å². The number of para-hydroxylation sites is 1. The maximum atomic E-state index is 13.3. The Morgan fingerprint density at radius 3 is 2.54 bits per heavy atom. The molecule has 146 valence electrons. The fourth-order valence-electron chi connectivity index (χ4n) is 3.66. The number of halogens is 1. The molecule has 1 saturated heterocycles. The normalized spacial score (nSPS) is 16.1. The molecule has 6 heteroatoms. The Balaban J connectivity index is 0.00000225. The Hall–Kier alpha value is -2.63. The molecule has 2 N–H and O–H groups in total. The fourth-order valence-corrected chi connectivity index (χ4v) is 3.66. The van der Waals surface area contributed by atoms with Crippen molar-refractivity contribution in [2.75, 3.05) is 19.6 Å². The van der Waals surface area contributed by atoms with Crippen LogP contribution in [0.5, 0.6) is 0 Å². The van der Waals surface area contributed by atoms with Gasteiger partial charge in [0.1, 0.15) is 5.69 Å². The lowest BCUT2D eigenvalue weighted by Gasteiger charge is -2.16. The topological polar surface area (TPSA) is 64.2 Å². The number of likely N-dealkylation sites (tertiary alicyclic amines) is 1. The highest BCUT2D eigenvalue weighted by atomic mass is 35.5. The van der Waals surface area contributed by atoms with E-state index in [9.17, 15) is 4.79 Å². The molecule has 5 nitrogen and oxygen atoms in total. The van der Waals surface area contributed by atoms with Crippen molar-refractivity contribution >= 4 is 18.3 Å². The first-order chi connectivity index (χ1) is 13.2. The van der Waals surface area contributed by atoms with Crippen molar-refractivity contribution in [1.29, 1.82) is 0 Å². The van der Waals surface area contributed by atoms with Crippen molar-refractivity contribution in [1.82, 2.24) is 14.7 Å². The van der Waals surface area contributed by atoms with Gasteiger partial charge in [0, 0.05) is 24.8 Å². The van der Waals surface area contributed by atoms with Gasteiger partial charge in [-0.1, -0.05) is 42.5 Å². The second-order valence-electron chi connectivity index (χ2n) is 7.13. The standard InChI is InChI=1S/C22H24N4O.ClH/c1-16-7-5-6-10-19(16)21-20(22(27)25-12-11-17(13-23)14-25)15-26(24-21)18-8-3-2-4-9-18;/h2-10,15,17H,11-14,23H2,1H3;1H. The van der Waals surface area contributed by atoms with Crippen LogP contribution in [0.1, 0.15) is 22.3 Å². The largest absolute Gasteiger partial charge is 0.338 e. The number of nitrogens with zero attached hydrogens (tertiary/aromatic N) is 3. The zero-order chi connectivity index (χ0) is 18.8. The molecule has 1 aromatic heterocycles. The minimum absolute atomic E-state index is 0. The maximum absolute atomic E-state index is 13.3. The highest BCUT2D eigenvalue weighted by Crippen LogP contribution is 2.29. The fraction of sp³-hybridized carbons (Fsp3) is 0.273. The molecule has 0 bridgehead atoms. The van der Waals surface area contributed by atoms with E-state index >= 15 is 0 Å². The molecule has 0 saturated carbocycles. The van der Waals surface area contributed by atoms with Gasteiger partial charge in [-0.2, -0.15) is 5.10 Å². The van der Waals surface area contributed by atoms with E-state index < -0.39 is 0 Å². The summed E-state index contributed by atoms with van der Waals surface area (Å²) in [6.07, 6.45) is 2.82. The molecule has 2 aromatic carbocycles. The van der Waals surface area contributed by atoms with E-state index in [0.29, 0.717) is 18.0 Å². The van der Waals surface area contributed by atoms with Crippen LogP contribution in [0.4, 0.5) is 0 Å². The highest BCUT2D eigenvalue weighted by Gasteiger charge is 2.29. The molecule has 0 radical (unpaired) electrons. The van der Waals surface area contributed by atoms with Crippen molar-refractivity contribution in [3.05, 3.63) is 71.9 Å². The number of carbonyl (C=O) groups excluding carboxylic acids is 1. The Morgan fingerprint density at radius 1 is 1.14 bits per heavy atom. The summed E-state index contributed by atoms with van der Waals surface area (Å²) in [5.74, 6) is 0.423. The second-order valence-corrected chi connectivity index (χ2v) is 7.13.